The molecular formula is C33H25BrN2O2. The molecule has 186 valence electrons. The zero-order valence-electron chi connectivity index (χ0n) is 21.1. The molecule has 0 fully saturated rings. The lowest BCUT2D eigenvalue weighted by atomic mass is 9.97. The van der Waals surface area contributed by atoms with Crippen LogP contribution in [-0.2, 0) is 6.61 Å². The lowest BCUT2D eigenvalue weighted by Gasteiger charge is -2.06. The molecule has 0 spiro atoms. The van der Waals surface area contributed by atoms with Crippen molar-refractivity contribution in [2.24, 2.45) is 4.99 Å². The van der Waals surface area contributed by atoms with Gasteiger partial charge in [-0.05, 0) is 66.9 Å². The Hall–Kier alpha value is -4.40. The summed E-state index contributed by atoms with van der Waals surface area (Å²) in [6.45, 7) is 4.57. The normalized spacial score (nSPS) is 11.0. The van der Waals surface area contributed by atoms with Crippen molar-refractivity contribution in [3.8, 4) is 34.3 Å². The molecule has 0 saturated carbocycles. The number of benzene rings is 4. The monoisotopic (exact) mass is 560 g/mol. The Morgan fingerprint density at radius 2 is 1.42 bits per heavy atom. The Morgan fingerprint density at radius 1 is 0.816 bits per heavy atom. The molecule has 0 atom stereocenters. The fourth-order valence-corrected chi connectivity index (χ4v) is 4.31. The first-order chi connectivity index (χ1) is 18.5. The van der Waals surface area contributed by atoms with Crippen molar-refractivity contribution in [2.75, 3.05) is 0 Å². The van der Waals surface area contributed by atoms with Crippen LogP contribution in [0.15, 0.2) is 111 Å². The van der Waals surface area contributed by atoms with E-state index in [9.17, 15) is 5.26 Å². The van der Waals surface area contributed by atoms with E-state index in [1.165, 1.54) is 0 Å². The second-order valence-electron chi connectivity index (χ2n) is 9.07. The van der Waals surface area contributed by atoms with Crippen molar-refractivity contribution >= 4 is 28.0 Å². The third-order valence-corrected chi connectivity index (χ3v) is 6.71. The maximum absolute atomic E-state index is 10.1. The molecule has 0 amide bonds. The maximum Gasteiger partial charge on any atom is 0.238 e. The lowest BCUT2D eigenvalue weighted by Crippen LogP contribution is -1.95. The molecule has 0 radical (unpaired) electrons. The average Bonchev–Trinajstić information content (AvgIpc) is 3.31. The predicted octanol–water partition coefficient (Wildman–Crippen LogP) is 9.19. The zero-order chi connectivity index (χ0) is 26.5. The third-order valence-electron chi connectivity index (χ3n) is 6.19. The van der Waals surface area contributed by atoms with E-state index in [1.807, 2.05) is 111 Å². The van der Waals surface area contributed by atoms with Crippen LogP contribution in [0, 0.1) is 25.2 Å². The summed E-state index contributed by atoms with van der Waals surface area (Å²) in [4.78, 5) is 4.59. The summed E-state index contributed by atoms with van der Waals surface area (Å²) in [5.41, 5.74) is 7.24. The number of nitriles is 1. The van der Waals surface area contributed by atoms with Crippen LogP contribution in [0.2, 0.25) is 0 Å². The molecule has 0 N–H and O–H groups in total. The Kier molecular flexibility index (Phi) is 7.53. The standard InChI is InChI=1S/C33H25BrN2O2/c1-22-3-11-26(12-4-22)31-30(19-35)33(38-32(31)27-13-5-23(2)6-14-27)36-20-24-9-17-29(18-10-24)37-21-25-7-15-28(34)16-8-25/h3-18,20H,21H2,1-2H3. The molecule has 4 aromatic carbocycles. The van der Waals surface area contributed by atoms with Gasteiger partial charge in [-0.2, -0.15) is 5.26 Å². The van der Waals surface area contributed by atoms with Gasteiger partial charge >= 0.3 is 0 Å². The van der Waals surface area contributed by atoms with E-state index in [-0.39, 0.29) is 5.88 Å². The van der Waals surface area contributed by atoms with Gasteiger partial charge in [0.2, 0.25) is 5.88 Å². The Balaban J connectivity index is 1.42. The number of aliphatic imine (C=N–C) groups is 1. The Morgan fingerprint density at radius 3 is 2.03 bits per heavy atom. The van der Waals surface area contributed by atoms with Crippen molar-refractivity contribution in [1.82, 2.24) is 0 Å². The third kappa shape index (κ3) is 5.77. The van der Waals surface area contributed by atoms with E-state index < -0.39 is 0 Å². The van der Waals surface area contributed by atoms with Gasteiger partial charge in [-0.25, -0.2) is 4.99 Å². The van der Waals surface area contributed by atoms with Gasteiger partial charge in [0.25, 0.3) is 0 Å². The smallest absolute Gasteiger partial charge is 0.238 e. The van der Waals surface area contributed by atoms with Gasteiger partial charge in [0.15, 0.2) is 0 Å². The molecule has 38 heavy (non-hydrogen) atoms. The zero-order valence-corrected chi connectivity index (χ0v) is 22.7. The van der Waals surface area contributed by atoms with Gasteiger partial charge in [-0.3, -0.25) is 0 Å². The maximum atomic E-state index is 10.1. The SMILES string of the molecule is Cc1ccc(-c2oc(N=Cc3ccc(OCc4ccc(Br)cc4)cc3)c(C#N)c2-c2ccc(C)cc2)cc1. The molecular weight excluding hydrogens is 536 g/mol. The van der Waals surface area contributed by atoms with E-state index in [0.717, 1.165) is 49.2 Å². The topological polar surface area (TPSA) is 58.5 Å². The fourth-order valence-electron chi connectivity index (χ4n) is 4.05. The Labute approximate surface area is 231 Å². The van der Waals surface area contributed by atoms with Crippen molar-refractivity contribution in [1.29, 1.82) is 5.26 Å². The summed E-state index contributed by atoms with van der Waals surface area (Å²) in [5, 5.41) is 10.1. The quantitative estimate of drug-likeness (QED) is 0.186. The number of furan rings is 1. The summed E-state index contributed by atoms with van der Waals surface area (Å²) in [6, 6.07) is 34.2. The summed E-state index contributed by atoms with van der Waals surface area (Å²) < 4.78 is 13.2. The lowest BCUT2D eigenvalue weighted by molar-refractivity contribution is 0.306. The van der Waals surface area contributed by atoms with Gasteiger partial charge in [-0.1, -0.05) is 87.7 Å². The number of hydrogen-bond donors (Lipinski definition) is 0. The van der Waals surface area contributed by atoms with Crippen LogP contribution in [-0.4, -0.2) is 6.21 Å². The van der Waals surface area contributed by atoms with Gasteiger partial charge in [0.1, 0.15) is 29.7 Å². The van der Waals surface area contributed by atoms with E-state index in [0.29, 0.717) is 17.9 Å². The van der Waals surface area contributed by atoms with Crippen LogP contribution in [0.5, 0.6) is 5.75 Å². The predicted molar refractivity (Wildman–Crippen MR) is 156 cm³/mol. The van der Waals surface area contributed by atoms with E-state index >= 15 is 0 Å². The molecule has 1 heterocycles. The summed E-state index contributed by atoms with van der Waals surface area (Å²) >= 11 is 3.45. The first-order valence-corrected chi connectivity index (χ1v) is 13.0. The Bertz CT molecular complexity index is 1610. The van der Waals surface area contributed by atoms with Crippen LogP contribution in [0.4, 0.5) is 5.88 Å². The molecule has 5 aromatic rings. The van der Waals surface area contributed by atoms with Gasteiger partial charge < -0.3 is 9.15 Å². The van der Waals surface area contributed by atoms with Crippen molar-refractivity contribution < 1.29 is 9.15 Å². The van der Waals surface area contributed by atoms with E-state index in [2.05, 4.69) is 27.0 Å². The minimum Gasteiger partial charge on any atom is -0.489 e. The molecule has 1 aromatic heterocycles. The fraction of sp³-hybridized carbons (Fsp3) is 0.0909. The van der Waals surface area contributed by atoms with Crippen LogP contribution in [0.25, 0.3) is 22.5 Å². The van der Waals surface area contributed by atoms with Gasteiger partial charge in [0.05, 0.1) is 0 Å². The van der Waals surface area contributed by atoms with E-state index in [1.54, 1.807) is 6.21 Å². The van der Waals surface area contributed by atoms with Crippen molar-refractivity contribution in [3.05, 3.63) is 129 Å². The highest BCUT2D eigenvalue weighted by molar-refractivity contribution is 9.10. The highest BCUT2D eigenvalue weighted by Crippen LogP contribution is 2.42. The molecule has 0 saturated heterocycles. The number of ether oxygens (including phenoxy) is 1. The van der Waals surface area contributed by atoms with Crippen LogP contribution in [0.1, 0.15) is 27.8 Å². The first kappa shape index (κ1) is 25.3. The molecule has 0 unspecified atom stereocenters. The molecule has 0 aliphatic rings. The minimum absolute atomic E-state index is 0.286. The van der Waals surface area contributed by atoms with Crippen molar-refractivity contribution in [3.63, 3.8) is 0 Å². The molecule has 0 aliphatic carbocycles. The van der Waals surface area contributed by atoms with E-state index in [4.69, 9.17) is 9.15 Å². The number of aryl methyl sites for hydroxylation is 2. The van der Waals surface area contributed by atoms with Gasteiger partial charge in [-0.15, -0.1) is 0 Å². The average molecular weight is 561 g/mol. The van der Waals surface area contributed by atoms with Gasteiger partial charge in [0, 0.05) is 21.8 Å². The molecule has 5 rings (SSSR count). The number of nitrogens with zero attached hydrogens (tertiary/aromatic N) is 2. The van der Waals surface area contributed by atoms with Crippen LogP contribution >= 0.6 is 15.9 Å². The molecule has 0 aliphatic heterocycles. The molecule has 4 nitrogen and oxygen atoms in total. The molecule has 5 heteroatoms. The second kappa shape index (κ2) is 11.3. The highest BCUT2D eigenvalue weighted by Gasteiger charge is 2.22. The summed E-state index contributed by atoms with van der Waals surface area (Å²) in [7, 11) is 0. The summed E-state index contributed by atoms with van der Waals surface area (Å²) in [5.74, 6) is 1.69. The number of hydrogen-bond acceptors (Lipinski definition) is 4. The largest absolute Gasteiger partial charge is 0.489 e. The van der Waals surface area contributed by atoms with Crippen LogP contribution < -0.4 is 4.74 Å². The highest BCUT2D eigenvalue weighted by atomic mass is 79.9. The minimum atomic E-state index is 0.286. The summed E-state index contributed by atoms with van der Waals surface area (Å²) in [6.07, 6.45) is 1.70. The number of rotatable bonds is 7. The number of halogens is 1. The first-order valence-electron chi connectivity index (χ1n) is 12.2. The molecule has 0 bridgehead atoms. The second-order valence-corrected chi connectivity index (χ2v) is 9.99. The van der Waals surface area contributed by atoms with Crippen LogP contribution in [0.3, 0.4) is 0 Å². The van der Waals surface area contributed by atoms with Crippen molar-refractivity contribution in [2.45, 2.75) is 20.5 Å².